The number of thioether (sulfide) groups is 1. The SMILES string of the molecule is CC1Sc2ccc(NN)cc2NC1=O. The number of benzene rings is 1. The number of nitrogens with one attached hydrogen (secondary N) is 2. The summed E-state index contributed by atoms with van der Waals surface area (Å²) in [6.45, 7) is 1.89. The number of carbonyl (C=O) groups is 1. The van der Waals surface area contributed by atoms with Crippen LogP contribution in [0.4, 0.5) is 11.4 Å². The lowest BCUT2D eigenvalue weighted by Gasteiger charge is -2.21. The first kappa shape index (κ1) is 9.36. The fourth-order valence-electron chi connectivity index (χ4n) is 1.30. The van der Waals surface area contributed by atoms with E-state index >= 15 is 0 Å². The van der Waals surface area contributed by atoms with E-state index in [1.54, 1.807) is 11.8 Å². The summed E-state index contributed by atoms with van der Waals surface area (Å²) in [6.07, 6.45) is 0. The minimum atomic E-state index is -0.0285. The van der Waals surface area contributed by atoms with Crippen molar-refractivity contribution in [3.63, 3.8) is 0 Å². The van der Waals surface area contributed by atoms with E-state index in [4.69, 9.17) is 5.84 Å². The number of amides is 1. The highest BCUT2D eigenvalue weighted by Crippen LogP contribution is 2.36. The average molecular weight is 209 g/mol. The number of fused-ring (bicyclic) bond motifs is 1. The van der Waals surface area contributed by atoms with Gasteiger partial charge in [-0.3, -0.25) is 10.6 Å². The Morgan fingerprint density at radius 3 is 3.07 bits per heavy atom. The van der Waals surface area contributed by atoms with Crippen LogP contribution in [-0.4, -0.2) is 11.2 Å². The number of hydrogen-bond acceptors (Lipinski definition) is 4. The zero-order chi connectivity index (χ0) is 10.1. The first-order valence-electron chi connectivity index (χ1n) is 4.29. The molecule has 0 saturated carbocycles. The number of nitrogens with two attached hydrogens (primary N) is 1. The Hall–Kier alpha value is -1.20. The third kappa shape index (κ3) is 1.56. The minimum absolute atomic E-state index is 0.0285. The van der Waals surface area contributed by atoms with Crippen LogP contribution in [-0.2, 0) is 4.79 Å². The summed E-state index contributed by atoms with van der Waals surface area (Å²) in [7, 11) is 0. The predicted molar refractivity (Wildman–Crippen MR) is 58.2 cm³/mol. The van der Waals surface area contributed by atoms with E-state index in [2.05, 4.69) is 10.7 Å². The summed E-state index contributed by atoms with van der Waals surface area (Å²) in [4.78, 5) is 12.5. The molecule has 1 aliphatic heterocycles. The molecule has 1 heterocycles. The van der Waals surface area contributed by atoms with Gasteiger partial charge in [0.1, 0.15) is 0 Å². The molecule has 0 aromatic heterocycles. The Morgan fingerprint density at radius 1 is 1.57 bits per heavy atom. The molecule has 0 spiro atoms. The summed E-state index contributed by atoms with van der Waals surface area (Å²) in [5.74, 6) is 5.31. The van der Waals surface area contributed by atoms with Crippen molar-refractivity contribution in [2.75, 3.05) is 10.7 Å². The van der Waals surface area contributed by atoms with E-state index in [9.17, 15) is 4.79 Å². The predicted octanol–water partition coefficient (Wildman–Crippen LogP) is 1.40. The van der Waals surface area contributed by atoms with Gasteiger partial charge in [-0.05, 0) is 25.1 Å². The highest BCUT2D eigenvalue weighted by molar-refractivity contribution is 8.00. The van der Waals surface area contributed by atoms with Gasteiger partial charge in [0.2, 0.25) is 5.91 Å². The quantitative estimate of drug-likeness (QED) is 0.483. The molecule has 0 fully saturated rings. The lowest BCUT2D eigenvalue weighted by Crippen LogP contribution is -2.26. The molecule has 1 aromatic carbocycles. The molecule has 1 unspecified atom stereocenters. The van der Waals surface area contributed by atoms with Crippen LogP contribution in [0.2, 0.25) is 0 Å². The zero-order valence-electron chi connectivity index (χ0n) is 7.70. The lowest BCUT2D eigenvalue weighted by atomic mass is 10.2. The van der Waals surface area contributed by atoms with Crippen molar-refractivity contribution in [1.82, 2.24) is 0 Å². The van der Waals surface area contributed by atoms with Crippen LogP contribution in [0.1, 0.15) is 6.92 Å². The van der Waals surface area contributed by atoms with E-state index in [1.807, 2.05) is 25.1 Å². The lowest BCUT2D eigenvalue weighted by molar-refractivity contribution is -0.115. The molecule has 1 atom stereocenters. The summed E-state index contributed by atoms with van der Waals surface area (Å²) >= 11 is 1.56. The van der Waals surface area contributed by atoms with Gasteiger partial charge in [0.05, 0.1) is 16.6 Å². The number of hydrogen-bond donors (Lipinski definition) is 3. The van der Waals surface area contributed by atoms with Crippen molar-refractivity contribution < 1.29 is 4.79 Å². The Labute approximate surface area is 86.2 Å². The second-order valence-corrected chi connectivity index (χ2v) is 4.49. The molecule has 1 aliphatic rings. The molecule has 0 aliphatic carbocycles. The number of rotatable bonds is 1. The second kappa shape index (κ2) is 3.51. The van der Waals surface area contributed by atoms with Gasteiger partial charge < -0.3 is 10.7 Å². The molecule has 0 saturated heterocycles. The number of carbonyl (C=O) groups excluding carboxylic acids is 1. The van der Waals surface area contributed by atoms with Crippen LogP contribution in [0.15, 0.2) is 23.1 Å². The smallest absolute Gasteiger partial charge is 0.237 e. The van der Waals surface area contributed by atoms with Gasteiger partial charge in [0.25, 0.3) is 0 Å². The van der Waals surface area contributed by atoms with E-state index < -0.39 is 0 Å². The maximum atomic E-state index is 11.4. The number of nitrogen functional groups attached to an aromatic ring is 1. The van der Waals surface area contributed by atoms with Gasteiger partial charge in [-0.2, -0.15) is 0 Å². The summed E-state index contributed by atoms with van der Waals surface area (Å²) in [6, 6.07) is 5.66. The molecule has 1 aromatic rings. The molecule has 5 heteroatoms. The monoisotopic (exact) mass is 209 g/mol. The first-order valence-corrected chi connectivity index (χ1v) is 5.17. The van der Waals surface area contributed by atoms with E-state index in [-0.39, 0.29) is 11.2 Å². The van der Waals surface area contributed by atoms with Crippen LogP contribution < -0.4 is 16.6 Å². The molecular weight excluding hydrogens is 198 g/mol. The third-order valence-electron chi connectivity index (χ3n) is 2.08. The standard InChI is InChI=1S/C9H11N3OS/c1-5-9(13)11-7-4-6(12-10)2-3-8(7)14-5/h2-5,12H,10H2,1H3,(H,11,13). The first-order chi connectivity index (χ1) is 6.70. The van der Waals surface area contributed by atoms with Gasteiger partial charge in [-0.25, -0.2) is 0 Å². The summed E-state index contributed by atoms with van der Waals surface area (Å²) < 4.78 is 0. The van der Waals surface area contributed by atoms with Crippen LogP contribution in [0, 0.1) is 0 Å². The fourth-order valence-corrected chi connectivity index (χ4v) is 2.23. The van der Waals surface area contributed by atoms with Gasteiger partial charge in [-0.15, -0.1) is 11.8 Å². The van der Waals surface area contributed by atoms with Crippen LogP contribution in [0.3, 0.4) is 0 Å². The normalized spacial score (nSPS) is 19.9. The summed E-state index contributed by atoms with van der Waals surface area (Å²) in [5.41, 5.74) is 4.16. The van der Waals surface area contributed by atoms with Gasteiger partial charge in [0, 0.05) is 4.90 Å². The largest absolute Gasteiger partial charge is 0.324 e. The van der Waals surface area contributed by atoms with Crippen LogP contribution >= 0.6 is 11.8 Å². The van der Waals surface area contributed by atoms with Crippen molar-refractivity contribution >= 4 is 29.0 Å². The third-order valence-corrected chi connectivity index (χ3v) is 3.25. The van der Waals surface area contributed by atoms with E-state index in [0.29, 0.717) is 0 Å². The Bertz CT molecular complexity index is 380. The number of hydrazine groups is 1. The van der Waals surface area contributed by atoms with Crippen molar-refractivity contribution in [2.45, 2.75) is 17.1 Å². The molecule has 14 heavy (non-hydrogen) atoms. The van der Waals surface area contributed by atoms with Gasteiger partial charge in [-0.1, -0.05) is 0 Å². The highest BCUT2D eigenvalue weighted by Gasteiger charge is 2.22. The maximum Gasteiger partial charge on any atom is 0.237 e. The maximum absolute atomic E-state index is 11.4. The molecular formula is C9H11N3OS. The fraction of sp³-hybridized carbons (Fsp3) is 0.222. The Kier molecular flexibility index (Phi) is 2.35. The molecule has 4 N–H and O–H groups in total. The van der Waals surface area contributed by atoms with Crippen LogP contribution in [0.5, 0.6) is 0 Å². The van der Waals surface area contributed by atoms with Gasteiger partial charge in [0.15, 0.2) is 0 Å². The van der Waals surface area contributed by atoms with Crippen molar-refractivity contribution in [2.24, 2.45) is 5.84 Å². The van der Waals surface area contributed by atoms with E-state index in [1.165, 1.54) is 0 Å². The molecule has 4 nitrogen and oxygen atoms in total. The second-order valence-electron chi connectivity index (χ2n) is 3.10. The summed E-state index contributed by atoms with van der Waals surface area (Å²) in [5, 5.41) is 2.80. The highest BCUT2D eigenvalue weighted by atomic mass is 32.2. The molecule has 0 bridgehead atoms. The Morgan fingerprint density at radius 2 is 2.36 bits per heavy atom. The average Bonchev–Trinajstić information content (AvgIpc) is 2.19. The topological polar surface area (TPSA) is 67.2 Å². The molecule has 0 radical (unpaired) electrons. The molecule has 2 rings (SSSR count). The van der Waals surface area contributed by atoms with Crippen LogP contribution in [0.25, 0.3) is 0 Å². The Balaban J connectivity index is 2.37. The van der Waals surface area contributed by atoms with Gasteiger partial charge >= 0.3 is 0 Å². The minimum Gasteiger partial charge on any atom is -0.324 e. The molecule has 1 amide bonds. The zero-order valence-corrected chi connectivity index (χ0v) is 8.52. The number of anilines is 2. The van der Waals surface area contributed by atoms with Crippen molar-refractivity contribution in [1.29, 1.82) is 0 Å². The van der Waals surface area contributed by atoms with E-state index in [0.717, 1.165) is 16.3 Å². The molecule has 74 valence electrons. The van der Waals surface area contributed by atoms with Crippen molar-refractivity contribution in [3.05, 3.63) is 18.2 Å². The van der Waals surface area contributed by atoms with Crippen molar-refractivity contribution in [3.8, 4) is 0 Å².